The van der Waals surface area contributed by atoms with Crippen molar-refractivity contribution in [1.29, 1.82) is 0 Å². The number of likely N-dealkylation sites (N-methyl/N-ethyl adjacent to an activating group) is 1. The fourth-order valence-corrected chi connectivity index (χ4v) is 4.78. The second kappa shape index (κ2) is 14.1. The highest BCUT2D eigenvalue weighted by atomic mass is 32.2. The summed E-state index contributed by atoms with van der Waals surface area (Å²) in [4.78, 5) is 41.0. The highest BCUT2D eigenvalue weighted by Gasteiger charge is 2.33. The summed E-state index contributed by atoms with van der Waals surface area (Å²) in [7, 11) is 3.23. The lowest BCUT2D eigenvalue weighted by molar-refractivity contribution is -0.163. The van der Waals surface area contributed by atoms with Gasteiger partial charge in [-0.25, -0.2) is 9.59 Å². The Labute approximate surface area is 244 Å². The molecule has 40 heavy (non-hydrogen) atoms. The highest BCUT2D eigenvalue weighted by Crippen LogP contribution is 2.27. The first-order valence-corrected chi connectivity index (χ1v) is 14.7. The fourth-order valence-electron chi connectivity index (χ4n) is 3.84. The van der Waals surface area contributed by atoms with Gasteiger partial charge in [-0.05, 0) is 60.9 Å². The molecule has 2 atom stereocenters. The van der Waals surface area contributed by atoms with Gasteiger partial charge in [0, 0.05) is 31.2 Å². The van der Waals surface area contributed by atoms with Gasteiger partial charge in [0.25, 0.3) is 5.91 Å². The molecule has 0 aromatic heterocycles. The first-order chi connectivity index (χ1) is 18.5. The van der Waals surface area contributed by atoms with Crippen LogP contribution < -0.4 is 5.32 Å². The molecule has 0 aliphatic rings. The number of thioether (sulfide) groups is 1. The molecule has 7 nitrogen and oxygen atoms in total. The van der Waals surface area contributed by atoms with E-state index < -0.39 is 29.8 Å². The Morgan fingerprint density at radius 1 is 0.925 bits per heavy atom. The summed E-state index contributed by atoms with van der Waals surface area (Å²) in [6, 6.07) is 15.5. The van der Waals surface area contributed by atoms with Crippen LogP contribution in [0.2, 0.25) is 0 Å². The van der Waals surface area contributed by atoms with Crippen LogP contribution in [0, 0.1) is 5.92 Å². The number of hydrogen-bond donors (Lipinski definition) is 1. The maximum atomic E-state index is 13.3. The van der Waals surface area contributed by atoms with Crippen LogP contribution in [0.5, 0.6) is 0 Å². The smallest absolute Gasteiger partial charge is 0.408 e. The number of ether oxygens (including phenoxy) is 2. The molecule has 0 saturated carbocycles. The van der Waals surface area contributed by atoms with E-state index in [1.807, 2.05) is 38.1 Å². The first kappa shape index (κ1) is 33.2. The number of hydrogen-bond acceptors (Lipinski definition) is 6. The minimum atomic E-state index is -1.03. The summed E-state index contributed by atoms with van der Waals surface area (Å²) >= 11 is 1.70. The number of alkyl carbamates (subject to hydrolysis) is 1. The summed E-state index contributed by atoms with van der Waals surface area (Å²) in [6.07, 6.45) is -1.50. The normalized spacial score (nSPS) is 13.4. The van der Waals surface area contributed by atoms with E-state index in [1.54, 1.807) is 46.6 Å². The Morgan fingerprint density at radius 3 is 2.08 bits per heavy atom. The standard InChI is InChI=1S/C32H46N2O5S/c1-21(2)27(28(35)34(9)10)38-29(36)26(33-30(37)39-32(6,7)8)19-23-12-11-13-25(18-23)40-20-22-14-16-24(17-15-22)31(3,4)5/h11-18,21,26-27H,19-20H2,1-10H3,(H,33,37)/t26-,27?/m0/s1. The van der Waals surface area contributed by atoms with Crippen LogP contribution in [0.1, 0.15) is 72.1 Å². The lowest BCUT2D eigenvalue weighted by Crippen LogP contribution is -2.49. The van der Waals surface area contributed by atoms with Gasteiger partial charge in [0.1, 0.15) is 11.6 Å². The molecule has 0 radical (unpaired) electrons. The topological polar surface area (TPSA) is 84.9 Å². The molecule has 2 aromatic carbocycles. The van der Waals surface area contributed by atoms with Gasteiger partial charge in [0.15, 0.2) is 6.10 Å². The molecule has 0 fully saturated rings. The number of nitrogens with one attached hydrogen (secondary N) is 1. The molecule has 0 heterocycles. The van der Waals surface area contributed by atoms with E-state index in [-0.39, 0.29) is 23.7 Å². The van der Waals surface area contributed by atoms with Crippen molar-refractivity contribution < 1.29 is 23.9 Å². The summed E-state index contributed by atoms with van der Waals surface area (Å²) in [6.45, 7) is 15.5. The molecule has 0 aliphatic carbocycles. The van der Waals surface area contributed by atoms with Crippen molar-refractivity contribution in [2.75, 3.05) is 14.1 Å². The molecule has 2 rings (SSSR count). The van der Waals surface area contributed by atoms with E-state index in [9.17, 15) is 14.4 Å². The van der Waals surface area contributed by atoms with Crippen molar-refractivity contribution in [3.05, 3.63) is 65.2 Å². The van der Waals surface area contributed by atoms with E-state index in [4.69, 9.17) is 9.47 Å². The second-order valence-corrected chi connectivity index (χ2v) is 13.7. The predicted molar refractivity (Wildman–Crippen MR) is 161 cm³/mol. The molecular weight excluding hydrogens is 524 g/mol. The fraction of sp³-hybridized carbons (Fsp3) is 0.531. The van der Waals surface area contributed by atoms with Gasteiger partial charge < -0.3 is 19.7 Å². The van der Waals surface area contributed by atoms with Crippen LogP contribution in [0.15, 0.2) is 53.4 Å². The Kier molecular flexibility index (Phi) is 11.7. The van der Waals surface area contributed by atoms with Crippen LogP contribution in [0.25, 0.3) is 0 Å². The van der Waals surface area contributed by atoms with Gasteiger partial charge in [-0.3, -0.25) is 4.79 Å². The first-order valence-electron chi connectivity index (χ1n) is 13.7. The SMILES string of the molecule is CC(C)C(OC(=O)[C@H](Cc1cccc(SCc2ccc(C(C)(C)C)cc2)c1)NC(=O)OC(C)(C)C)C(=O)N(C)C. The third kappa shape index (κ3) is 10.9. The van der Waals surface area contributed by atoms with E-state index in [2.05, 4.69) is 50.4 Å². The molecule has 1 unspecified atom stereocenters. The summed E-state index contributed by atoms with van der Waals surface area (Å²) < 4.78 is 11.1. The van der Waals surface area contributed by atoms with Crippen molar-refractivity contribution >= 4 is 29.7 Å². The quantitative estimate of drug-likeness (QED) is 0.264. The van der Waals surface area contributed by atoms with E-state index in [0.29, 0.717) is 0 Å². The van der Waals surface area contributed by atoms with Crippen molar-refractivity contribution in [2.45, 2.75) is 95.6 Å². The molecule has 0 bridgehead atoms. The molecule has 0 spiro atoms. The Balaban J connectivity index is 2.20. The van der Waals surface area contributed by atoms with Gasteiger partial charge in [-0.1, -0.05) is 71.0 Å². The van der Waals surface area contributed by atoms with Crippen LogP contribution in [0.3, 0.4) is 0 Å². The number of carbonyl (C=O) groups is 3. The number of amides is 2. The Hall–Kier alpha value is -3.00. The third-order valence-corrected chi connectivity index (χ3v) is 7.14. The van der Waals surface area contributed by atoms with Crippen LogP contribution in [0.4, 0.5) is 4.79 Å². The van der Waals surface area contributed by atoms with Gasteiger partial charge in [-0.2, -0.15) is 0 Å². The molecule has 1 N–H and O–H groups in total. The lowest BCUT2D eigenvalue weighted by atomic mass is 9.87. The van der Waals surface area contributed by atoms with Gasteiger partial charge in [0.2, 0.25) is 0 Å². The molecule has 8 heteroatoms. The third-order valence-electron chi connectivity index (χ3n) is 6.07. The molecule has 2 amide bonds. The summed E-state index contributed by atoms with van der Waals surface area (Å²) in [5.41, 5.74) is 2.75. The van der Waals surface area contributed by atoms with Crippen molar-refractivity contribution in [1.82, 2.24) is 10.2 Å². The van der Waals surface area contributed by atoms with Gasteiger partial charge >= 0.3 is 12.1 Å². The largest absolute Gasteiger partial charge is 0.450 e. The number of carbonyl (C=O) groups excluding carboxylic acids is 3. The van der Waals surface area contributed by atoms with Crippen molar-refractivity contribution in [3.63, 3.8) is 0 Å². The molecule has 0 aliphatic heterocycles. The second-order valence-electron chi connectivity index (χ2n) is 12.6. The lowest BCUT2D eigenvalue weighted by Gasteiger charge is -2.27. The number of nitrogens with zero attached hydrogens (tertiary/aromatic N) is 1. The zero-order valence-electron chi connectivity index (χ0n) is 25.7. The molecular formula is C32H46N2O5S. The van der Waals surface area contributed by atoms with E-state index in [1.165, 1.54) is 16.0 Å². The molecule has 0 saturated heterocycles. The maximum Gasteiger partial charge on any atom is 0.408 e. The highest BCUT2D eigenvalue weighted by molar-refractivity contribution is 7.98. The van der Waals surface area contributed by atoms with Crippen LogP contribution in [-0.2, 0) is 36.7 Å². The Bertz CT molecular complexity index is 1150. The summed E-state index contributed by atoms with van der Waals surface area (Å²) in [5.74, 6) is -0.429. The average molecular weight is 571 g/mol. The van der Waals surface area contributed by atoms with E-state index in [0.717, 1.165) is 16.2 Å². The number of rotatable bonds is 10. The number of esters is 1. The Morgan fingerprint density at radius 2 is 1.55 bits per heavy atom. The molecule has 2 aromatic rings. The average Bonchev–Trinajstić information content (AvgIpc) is 2.83. The molecule has 220 valence electrons. The number of benzene rings is 2. The summed E-state index contributed by atoms with van der Waals surface area (Å²) in [5, 5.41) is 2.66. The van der Waals surface area contributed by atoms with E-state index >= 15 is 0 Å². The van der Waals surface area contributed by atoms with Crippen LogP contribution in [-0.4, -0.2) is 54.7 Å². The zero-order valence-corrected chi connectivity index (χ0v) is 26.5. The van der Waals surface area contributed by atoms with Crippen molar-refractivity contribution in [2.24, 2.45) is 5.92 Å². The maximum absolute atomic E-state index is 13.3. The monoisotopic (exact) mass is 570 g/mol. The van der Waals surface area contributed by atoms with Gasteiger partial charge in [-0.15, -0.1) is 11.8 Å². The van der Waals surface area contributed by atoms with Gasteiger partial charge in [0.05, 0.1) is 0 Å². The zero-order chi connectivity index (χ0) is 30.3. The van der Waals surface area contributed by atoms with Crippen molar-refractivity contribution in [3.8, 4) is 0 Å². The minimum absolute atomic E-state index is 0.111. The predicted octanol–water partition coefficient (Wildman–Crippen LogP) is 6.37. The minimum Gasteiger partial charge on any atom is -0.450 e. The van der Waals surface area contributed by atoms with Crippen LogP contribution >= 0.6 is 11.8 Å².